The Hall–Kier alpha value is -2.68. The molecule has 1 saturated heterocycles. The van der Waals surface area contributed by atoms with Crippen LogP contribution in [0.15, 0.2) is 24.3 Å². The fourth-order valence-electron chi connectivity index (χ4n) is 3.08. The zero-order chi connectivity index (χ0) is 15.0. The summed E-state index contributed by atoms with van der Waals surface area (Å²) < 4.78 is 0. The number of hydrogen-bond donors (Lipinski definition) is 1. The van der Waals surface area contributed by atoms with Crippen molar-refractivity contribution in [2.24, 2.45) is 5.41 Å². The van der Waals surface area contributed by atoms with Crippen LogP contribution in [0.3, 0.4) is 0 Å². The predicted molar refractivity (Wildman–Crippen MR) is 73.1 cm³/mol. The Balaban J connectivity index is 2.10. The fraction of sp³-hybridized carbons (Fsp3) is 0.333. The number of imide groups is 2. The van der Waals surface area contributed by atoms with Crippen molar-refractivity contribution in [1.29, 1.82) is 5.26 Å². The molecular formula is C15H13N3O3. The normalized spacial score (nSPS) is 20.5. The minimum absolute atomic E-state index is 0.223. The van der Waals surface area contributed by atoms with Crippen LogP contribution < -0.4 is 10.2 Å². The molecule has 0 unspecified atom stereocenters. The summed E-state index contributed by atoms with van der Waals surface area (Å²) in [5, 5.41) is 11.4. The van der Waals surface area contributed by atoms with Crippen molar-refractivity contribution in [2.75, 3.05) is 4.90 Å². The van der Waals surface area contributed by atoms with Crippen LogP contribution in [0.1, 0.15) is 31.2 Å². The molecule has 0 radical (unpaired) electrons. The van der Waals surface area contributed by atoms with Gasteiger partial charge in [-0.2, -0.15) is 5.26 Å². The molecule has 3 rings (SSSR count). The van der Waals surface area contributed by atoms with Gasteiger partial charge in [-0.1, -0.05) is 25.0 Å². The Bertz CT molecular complexity index is 684. The Labute approximate surface area is 121 Å². The molecule has 2 aliphatic rings. The number of barbiturate groups is 1. The molecule has 1 aromatic rings. The number of urea groups is 1. The molecule has 0 bridgehead atoms. The zero-order valence-electron chi connectivity index (χ0n) is 11.3. The maximum atomic E-state index is 12.8. The number of carbonyl (C=O) groups excluding carboxylic acids is 3. The van der Waals surface area contributed by atoms with Crippen molar-refractivity contribution in [3.63, 3.8) is 0 Å². The maximum Gasteiger partial charge on any atom is 0.335 e. The number of rotatable bonds is 1. The van der Waals surface area contributed by atoms with Crippen LogP contribution >= 0.6 is 0 Å². The Morgan fingerprint density at radius 3 is 2.48 bits per heavy atom. The smallest absolute Gasteiger partial charge is 0.276 e. The quantitative estimate of drug-likeness (QED) is 0.794. The highest BCUT2D eigenvalue weighted by atomic mass is 16.2. The van der Waals surface area contributed by atoms with Gasteiger partial charge in [-0.05, 0) is 25.0 Å². The van der Waals surface area contributed by atoms with Crippen molar-refractivity contribution in [2.45, 2.75) is 25.7 Å². The molecule has 1 aromatic carbocycles. The fourth-order valence-corrected chi connectivity index (χ4v) is 3.08. The summed E-state index contributed by atoms with van der Waals surface area (Å²) in [5.74, 6) is -1.03. The average Bonchev–Trinajstić information content (AvgIpc) is 2.97. The van der Waals surface area contributed by atoms with Gasteiger partial charge in [-0.3, -0.25) is 14.9 Å². The summed E-state index contributed by atoms with van der Waals surface area (Å²) >= 11 is 0. The Morgan fingerprint density at radius 2 is 1.81 bits per heavy atom. The van der Waals surface area contributed by atoms with E-state index >= 15 is 0 Å². The molecule has 1 aliphatic heterocycles. The van der Waals surface area contributed by atoms with E-state index in [-0.39, 0.29) is 11.3 Å². The average molecular weight is 283 g/mol. The summed E-state index contributed by atoms with van der Waals surface area (Å²) in [6, 6.07) is 7.56. The highest BCUT2D eigenvalue weighted by Crippen LogP contribution is 2.43. The SMILES string of the molecule is N#Cc1ccccc1N1C(=O)NC(=O)C2(CCCC2)C1=O. The van der Waals surface area contributed by atoms with Crippen molar-refractivity contribution >= 4 is 23.5 Å². The van der Waals surface area contributed by atoms with Crippen LogP contribution in [0, 0.1) is 16.7 Å². The lowest BCUT2D eigenvalue weighted by molar-refractivity contribution is -0.142. The molecule has 1 saturated carbocycles. The molecule has 1 spiro atoms. The zero-order valence-corrected chi connectivity index (χ0v) is 11.3. The highest BCUT2D eigenvalue weighted by Gasteiger charge is 2.55. The number of nitrogens with zero attached hydrogens (tertiary/aromatic N) is 2. The van der Waals surface area contributed by atoms with Crippen LogP contribution in [0.2, 0.25) is 0 Å². The largest absolute Gasteiger partial charge is 0.335 e. The molecule has 1 heterocycles. The second-order valence-corrected chi connectivity index (χ2v) is 5.32. The van der Waals surface area contributed by atoms with Crippen molar-refractivity contribution in [3.8, 4) is 6.07 Å². The van der Waals surface area contributed by atoms with Gasteiger partial charge in [-0.25, -0.2) is 9.69 Å². The van der Waals surface area contributed by atoms with Crippen LogP contribution in [0.4, 0.5) is 10.5 Å². The van der Waals surface area contributed by atoms with E-state index in [0.717, 1.165) is 17.7 Å². The van der Waals surface area contributed by atoms with Crippen molar-refractivity contribution in [3.05, 3.63) is 29.8 Å². The topological polar surface area (TPSA) is 90.3 Å². The Morgan fingerprint density at radius 1 is 1.14 bits per heavy atom. The third-order valence-electron chi connectivity index (χ3n) is 4.19. The molecule has 21 heavy (non-hydrogen) atoms. The lowest BCUT2D eigenvalue weighted by Crippen LogP contribution is -2.63. The van der Waals surface area contributed by atoms with Gasteiger partial charge in [0.25, 0.3) is 5.91 Å². The monoisotopic (exact) mass is 283 g/mol. The predicted octanol–water partition coefficient (Wildman–Crippen LogP) is 1.70. The van der Waals surface area contributed by atoms with E-state index in [1.807, 2.05) is 6.07 Å². The number of para-hydroxylation sites is 1. The van der Waals surface area contributed by atoms with Crippen molar-refractivity contribution in [1.82, 2.24) is 5.32 Å². The summed E-state index contributed by atoms with van der Waals surface area (Å²) in [7, 11) is 0. The molecule has 0 aromatic heterocycles. The van der Waals surface area contributed by atoms with E-state index in [1.165, 1.54) is 12.1 Å². The summed E-state index contributed by atoms with van der Waals surface area (Å²) in [6.45, 7) is 0. The first kappa shape index (κ1) is 13.3. The maximum absolute atomic E-state index is 12.8. The molecule has 106 valence electrons. The van der Waals surface area contributed by atoms with E-state index < -0.39 is 23.3 Å². The van der Waals surface area contributed by atoms with Gasteiger partial charge in [0.05, 0.1) is 11.3 Å². The Kier molecular flexibility index (Phi) is 2.98. The second-order valence-electron chi connectivity index (χ2n) is 5.32. The van der Waals surface area contributed by atoms with E-state index in [0.29, 0.717) is 12.8 Å². The summed E-state index contributed by atoms with van der Waals surface area (Å²) in [4.78, 5) is 37.9. The highest BCUT2D eigenvalue weighted by molar-refractivity contribution is 6.30. The standard InChI is InChI=1S/C15H13N3O3/c16-9-10-5-1-2-6-11(10)18-13(20)15(7-3-4-8-15)12(19)17-14(18)21/h1-2,5-6H,3-4,7-8H2,(H,17,19,21). The molecule has 1 N–H and O–H groups in total. The lowest BCUT2D eigenvalue weighted by atomic mass is 9.82. The third kappa shape index (κ3) is 1.82. The molecule has 4 amide bonds. The minimum atomic E-state index is -1.16. The number of anilines is 1. The first-order chi connectivity index (χ1) is 10.1. The number of amides is 4. The van der Waals surface area contributed by atoms with E-state index in [2.05, 4.69) is 5.32 Å². The number of nitrogens with one attached hydrogen (secondary N) is 1. The number of benzene rings is 1. The van der Waals surface area contributed by atoms with Crippen LogP contribution in [0.5, 0.6) is 0 Å². The van der Waals surface area contributed by atoms with E-state index in [1.54, 1.807) is 12.1 Å². The van der Waals surface area contributed by atoms with Gasteiger partial charge in [0, 0.05) is 0 Å². The van der Waals surface area contributed by atoms with Crippen LogP contribution in [0.25, 0.3) is 0 Å². The van der Waals surface area contributed by atoms with E-state index in [4.69, 9.17) is 5.26 Å². The summed E-state index contributed by atoms with van der Waals surface area (Å²) in [5.41, 5.74) is -0.707. The van der Waals surface area contributed by atoms with Gasteiger partial charge < -0.3 is 0 Å². The summed E-state index contributed by atoms with van der Waals surface area (Å²) in [6.07, 6.45) is 2.44. The first-order valence-corrected chi connectivity index (χ1v) is 6.79. The van der Waals surface area contributed by atoms with Crippen LogP contribution in [-0.2, 0) is 9.59 Å². The molecule has 0 atom stereocenters. The number of nitriles is 1. The third-order valence-corrected chi connectivity index (χ3v) is 4.19. The second kappa shape index (κ2) is 4.70. The number of hydrogen-bond acceptors (Lipinski definition) is 4. The molecule has 2 fully saturated rings. The first-order valence-electron chi connectivity index (χ1n) is 6.79. The van der Waals surface area contributed by atoms with Gasteiger partial charge >= 0.3 is 6.03 Å². The minimum Gasteiger partial charge on any atom is -0.276 e. The van der Waals surface area contributed by atoms with Gasteiger partial charge in [0.15, 0.2) is 0 Å². The molecule has 1 aliphatic carbocycles. The van der Waals surface area contributed by atoms with Gasteiger partial charge in [0.1, 0.15) is 11.5 Å². The van der Waals surface area contributed by atoms with Gasteiger partial charge in [0.2, 0.25) is 5.91 Å². The van der Waals surface area contributed by atoms with Gasteiger partial charge in [-0.15, -0.1) is 0 Å². The molecule has 6 heteroatoms. The molecule has 6 nitrogen and oxygen atoms in total. The van der Waals surface area contributed by atoms with Crippen molar-refractivity contribution < 1.29 is 14.4 Å². The lowest BCUT2D eigenvalue weighted by Gasteiger charge is -2.36. The number of carbonyl (C=O) groups is 3. The van der Waals surface area contributed by atoms with E-state index in [9.17, 15) is 14.4 Å². The van der Waals surface area contributed by atoms with Crippen LogP contribution in [-0.4, -0.2) is 17.8 Å². The molecular weight excluding hydrogens is 270 g/mol.